The van der Waals surface area contributed by atoms with Crippen LogP contribution in [0.3, 0.4) is 0 Å². The zero-order chi connectivity index (χ0) is 24.4. The molecule has 8 heteroatoms. The lowest BCUT2D eigenvalue weighted by Gasteiger charge is -2.25. The highest BCUT2D eigenvalue weighted by Gasteiger charge is 2.23. The molecule has 35 heavy (non-hydrogen) atoms. The molecule has 3 aromatic rings. The second-order valence-corrected chi connectivity index (χ2v) is 9.15. The number of carbonyl (C=O) groups excluding carboxylic acids is 1. The van der Waals surface area contributed by atoms with Crippen molar-refractivity contribution in [3.63, 3.8) is 0 Å². The van der Waals surface area contributed by atoms with Crippen molar-refractivity contribution in [3.05, 3.63) is 77.8 Å². The van der Waals surface area contributed by atoms with Crippen LogP contribution in [-0.4, -0.2) is 28.3 Å². The van der Waals surface area contributed by atoms with Crippen LogP contribution < -0.4 is 20.7 Å². The van der Waals surface area contributed by atoms with Crippen LogP contribution in [0.1, 0.15) is 30.9 Å². The lowest BCUT2D eigenvalue weighted by atomic mass is 9.97. The van der Waals surface area contributed by atoms with E-state index in [0.717, 1.165) is 22.5 Å². The van der Waals surface area contributed by atoms with E-state index in [9.17, 15) is 10.1 Å². The normalized spacial score (nSPS) is 19.1. The number of anilines is 2. The average molecular weight is 469 g/mol. The number of para-hydroxylation sites is 1. The maximum atomic E-state index is 12.3. The van der Waals surface area contributed by atoms with Crippen LogP contribution in [0.2, 0.25) is 0 Å². The van der Waals surface area contributed by atoms with Crippen molar-refractivity contribution >= 4 is 22.9 Å². The van der Waals surface area contributed by atoms with Gasteiger partial charge in [-0.05, 0) is 50.0 Å². The van der Waals surface area contributed by atoms with Crippen molar-refractivity contribution in [2.45, 2.75) is 32.8 Å². The predicted molar refractivity (Wildman–Crippen MR) is 135 cm³/mol. The Bertz CT molecular complexity index is 1350. The number of aromatic nitrogens is 2. The number of amides is 2. The SMILES string of the molecule is Cc1c(NC(=O)NCC2CC2)cn2ncc(C#N)c(NC3=CC(C)C(Oc4ccccc4)C=C3)c12. The molecule has 8 nitrogen and oxygen atoms in total. The van der Waals surface area contributed by atoms with Crippen LogP contribution in [0.15, 0.2) is 66.7 Å². The van der Waals surface area contributed by atoms with Gasteiger partial charge in [-0.1, -0.05) is 31.2 Å². The number of aryl methyl sites for hydroxylation is 1. The molecule has 178 valence electrons. The van der Waals surface area contributed by atoms with Crippen LogP contribution in [0.4, 0.5) is 16.2 Å². The Kier molecular flexibility index (Phi) is 6.15. The Morgan fingerprint density at radius 3 is 2.80 bits per heavy atom. The summed E-state index contributed by atoms with van der Waals surface area (Å²) >= 11 is 0. The van der Waals surface area contributed by atoms with Crippen molar-refractivity contribution in [2.24, 2.45) is 11.8 Å². The topological polar surface area (TPSA) is 103 Å². The molecule has 0 bridgehead atoms. The number of nitrogens with zero attached hydrogens (tertiary/aromatic N) is 3. The van der Waals surface area contributed by atoms with Crippen LogP contribution in [0.5, 0.6) is 5.75 Å². The molecule has 2 atom stereocenters. The predicted octanol–water partition coefficient (Wildman–Crippen LogP) is 5.00. The molecule has 2 aliphatic rings. The minimum atomic E-state index is -0.234. The maximum absolute atomic E-state index is 12.3. The number of urea groups is 1. The smallest absolute Gasteiger partial charge is 0.319 e. The summed E-state index contributed by atoms with van der Waals surface area (Å²) in [6.07, 6.45) is 11.6. The minimum Gasteiger partial charge on any atom is -0.486 e. The second-order valence-electron chi connectivity index (χ2n) is 9.15. The highest BCUT2D eigenvalue weighted by molar-refractivity contribution is 5.94. The van der Waals surface area contributed by atoms with E-state index in [0.29, 0.717) is 29.4 Å². The van der Waals surface area contributed by atoms with E-state index in [1.807, 2.05) is 49.4 Å². The van der Waals surface area contributed by atoms with Crippen molar-refractivity contribution in [2.75, 3.05) is 17.2 Å². The molecule has 2 aliphatic carbocycles. The highest BCUT2D eigenvalue weighted by Crippen LogP contribution is 2.32. The summed E-state index contributed by atoms with van der Waals surface area (Å²) in [5.41, 5.74) is 4.17. The van der Waals surface area contributed by atoms with Crippen molar-refractivity contribution in [1.82, 2.24) is 14.9 Å². The van der Waals surface area contributed by atoms with Gasteiger partial charge in [0.1, 0.15) is 17.9 Å². The van der Waals surface area contributed by atoms with Gasteiger partial charge >= 0.3 is 6.03 Å². The van der Waals surface area contributed by atoms with Crippen molar-refractivity contribution in [1.29, 1.82) is 5.26 Å². The van der Waals surface area contributed by atoms with E-state index in [1.54, 1.807) is 10.7 Å². The van der Waals surface area contributed by atoms with E-state index in [4.69, 9.17) is 4.74 Å². The molecule has 1 aromatic carbocycles. The van der Waals surface area contributed by atoms with E-state index >= 15 is 0 Å². The van der Waals surface area contributed by atoms with Crippen LogP contribution in [-0.2, 0) is 0 Å². The van der Waals surface area contributed by atoms with Gasteiger partial charge in [-0.15, -0.1) is 0 Å². The van der Waals surface area contributed by atoms with E-state index in [1.165, 1.54) is 19.0 Å². The number of allylic oxidation sites excluding steroid dienone is 1. The molecular weight excluding hydrogens is 440 g/mol. The zero-order valence-corrected chi connectivity index (χ0v) is 19.8. The number of benzene rings is 1. The van der Waals surface area contributed by atoms with Gasteiger partial charge in [-0.2, -0.15) is 10.4 Å². The molecule has 3 N–H and O–H groups in total. The molecule has 5 rings (SSSR count). The molecule has 0 saturated heterocycles. The number of hydrogen-bond acceptors (Lipinski definition) is 5. The Morgan fingerprint density at radius 1 is 1.29 bits per heavy atom. The first-order valence-corrected chi connectivity index (χ1v) is 11.9. The number of hydrogen-bond donors (Lipinski definition) is 3. The Labute approximate surface area is 204 Å². The summed E-state index contributed by atoms with van der Waals surface area (Å²) in [5.74, 6) is 1.54. The van der Waals surface area contributed by atoms with Crippen LogP contribution in [0, 0.1) is 30.1 Å². The lowest BCUT2D eigenvalue weighted by Crippen LogP contribution is -2.30. The molecule has 2 heterocycles. The van der Waals surface area contributed by atoms with E-state index in [-0.39, 0.29) is 18.1 Å². The Hall–Kier alpha value is -4.25. The molecule has 2 aromatic heterocycles. The third kappa shape index (κ3) is 4.99. The van der Waals surface area contributed by atoms with Gasteiger partial charge in [0.15, 0.2) is 0 Å². The third-order valence-corrected chi connectivity index (χ3v) is 6.38. The van der Waals surface area contributed by atoms with E-state index < -0.39 is 0 Å². The average Bonchev–Trinajstić information content (AvgIpc) is 3.64. The van der Waals surface area contributed by atoms with Gasteiger partial charge in [0.25, 0.3) is 0 Å². The first kappa shape index (κ1) is 22.5. The first-order valence-electron chi connectivity index (χ1n) is 11.9. The summed E-state index contributed by atoms with van der Waals surface area (Å²) < 4.78 is 7.79. The first-order chi connectivity index (χ1) is 17.0. The van der Waals surface area contributed by atoms with Crippen LogP contribution >= 0.6 is 0 Å². The van der Waals surface area contributed by atoms with Gasteiger partial charge in [0.05, 0.1) is 34.8 Å². The quantitative estimate of drug-likeness (QED) is 0.453. The number of carbonyl (C=O) groups is 1. The molecule has 0 radical (unpaired) electrons. The number of ether oxygens (including phenoxy) is 1. The Morgan fingerprint density at radius 2 is 2.09 bits per heavy atom. The third-order valence-electron chi connectivity index (χ3n) is 6.38. The summed E-state index contributed by atoms with van der Waals surface area (Å²) in [5, 5.41) is 23.4. The number of fused-ring (bicyclic) bond motifs is 1. The fourth-order valence-corrected chi connectivity index (χ4v) is 4.19. The van der Waals surface area contributed by atoms with Gasteiger partial charge in [-0.25, -0.2) is 9.31 Å². The molecule has 2 unspecified atom stereocenters. The number of nitriles is 1. The minimum absolute atomic E-state index is 0.0872. The van der Waals surface area contributed by atoms with Crippen molar-refractivity contribution < 1.29 is 9.53 Å². The summed E-state index contributed by atoms with van der Waals surface area (Å²) in [6, 6.07) is 11.7. The summed E-state index contributed by atoms with van der Waals surface area (Å²) in [6.45, 7) is 4.70. The van der Waals surface area contributed by atoms with Gasteiger partial charge in [0.2, 0.25) is 0 Å². The monoisotopic (exact) mass is 468 g/mol. The fraction of sp³-hybridized carbons (Fsp3) is 0.296. The highest BCUT2D eigenvalue weighted by atomic mass is 16.5. The number of nitrogens with one attached hydrogen (secondary N) is 3. The van der Waals surface area contributed by atoms with Crippen LogP contribution in [0.25, 0.3) is 5.52 Å². The lowest BCUT2D eigenvalue weighted by molar-refractivity contribution is 0.209. The second kappa shape index (κ2) is 9.55. The number of rotatable bonds is 7. The standard InChI is InChI=1S/C27H28N6O2/c1-17-12-21(10-11-24(17)35-22-6-4-3-5-7-22)31-25-20(13-28)15-30-33-16-23(18(2)26(25)33)32-27(34)29-14-19-8-9-19/h3-7,10-12,15-17,19,24,31H,8-9,14H2,1-2H3,(H2,29,32,34). The Balaban J connectivity index is 1.37. The maximum Gasteiger partial charge on any atom is 0.319 e. The molecule has 1 saturated carbocycles. The largest absolute Gasteiger partial charge is 0.486 e. The summed E-state index contributed by atoms with van der Waals surface area (Å²) in [7, 11) is 0. The van der Waals surface area contributed by atoms with Gasteiger partial charge < -0.3 is 20.7 Å². The molecule has 2 amide bonds. The molecule has 1 fully saturated rings. The zero-order valence-electron chi connectivity index (χ0n) is 19.8. The van der Waals surface area contributed by atoms with Gasteiger partial charge in [-0.3, -0.25) is 0 Å². The van der Waals surface area contributed by atoms with Gasteiger partial charge in [0, 0.05) is 23.7 Å². The van der Waals surface area contributed by atoms with E-state index in [2.05, 4.69) is 40.1 Å². The molecular formula is C27H28N6O2. The fourth-order valence-electron chi connectivity index (χ4n) is 4.19. The molecule has 0 spiro atoms. The molecule has 0 aliphatic heterocycles. The van der Waals surface area contributed by atoms with Crippen molar-refractivity contribution in [3.8, 4) is 11.8 Å². The summed E-state index contributed by atoms with van der Waals surface area (Å²) in [4.78, 5) is 12.3.